The van der Waals surface area contributed by atoms with E-state index < -0.39 is 11.4 Å². The molecule has 1 aromatic heterocycles. The molecule has 4 rings (SSSR count). The summed E-state index contributed by atoms with van der Waals surface area (Å²) in [6, 6.07) is 19.8. The minimum absolute atomic E-state index is 0.00500. The molecule has 0 saturated carbocycles. The van der Waals surface area contributed by atoms with Crippen molar-refractivity contribution in [3.8, 4) is 0 Å². The molecule has 0 bridgehead atoms. The van der Waals surface area contributed by atoms with Gasteiger partial charge in [0.25, 0.3) is 5.91 Å². The molecule has 176 valence electrons. The second-order valence-electron chi connectivity index (χ2n) is 9.02. The smallest absolute Gasteiger partial charge is 0.341 e. The molecule has 0 fully saturated rings. The predicted molar refractivity (Wildman–Crippen MR) is 132 cm³/mol. The van der Waals surface area contributed by atoms with Gasteiger partial charge in [-0.2, -0.15) is 0 Å². The molecule has 0 spiro atoms. The first-order valence-corrected chi connectivity index (χ1v) is 11.7. The number of carboxylic acid groups (broad SMARTS) is 1. The number of rotatable bonds is 7. The third-order valence-corrected chi connectivity index (χ3v) is 6.84. The van der Waals surface area contributed by atoms with Crippen LogP contribution in [0.25, 0.3) is 0 Å². The van der Waals surface area contributed by atoms with E-state index in [0.29, 0.717) is 6.54 Å². The summed E-state index contributed by atoms with van der Waals surface area (Å²) < 4.78 is 1.75. The summed E-state index contributed by atoms with van der Waals surface area (Å²) in [6.07, 6.45) is 3.15. The summed E-state index contributed by atoms with van der Waals surface area (Å²) in [5.41, 5.74) is 1.68. The number of nitrogens with zero attached hydrogens (tertiary/aromatic N) is 2. The van der Waals surface area contributed by atoms with Gasteiger partial charge in [-0.15, -0.1) is 0 Å². The Bertz CT molecular complexity index is 1210. The number of aromatic nitrogens is 1. The third kappa shape index (κ3) is 4.16. The number of hydrogen-bond acceptors (Lipinski definition) is 3. The summed E-state index contributed by atoms with van der Waals surface area (Å²) in [7, 11) is 0. The molecular formula is C28H30N2O4. The predicted octanol–water partition coefficient (Wildman–Crippen LogP) is 4.87. The maximum atomic E-state index is 13.6. The molecule has 2 unspecified atom stereocenters. The van der Waals surface area contributed by atoms with E-state index >= 15 is 0 Å². The first-order valence-electron chi connectivity index (χ1n) is 11.7. The van der Waals surface area contributed by atoms with Crippen molar-refractivity contribution in [1.29, 1.82) is 0 Å². The van der Waals surface area contributed by atoms with Gasteiger partial charge in [-0.1, -0.05) is 74.0 Å². The molecule has 3 aromatic rings. The lowest BCUT2D eigenvalue weighted by Gasteiger charge is -2.43. The van der Waals surface area contributed by atoms with Gasteiger partial charge < -0.3 is 14.6 Å². The summed E-state index contributed by atoms with van der Waals surface area (Å²) in [4.78, 5) is 40.3. The highest BCUT2D eigenvalue weighted by atomic mass is 16.4. The average molecular weight is 459 g/mol. The van der Waals surface area contributed by atoms with Gasteiger partial charge in [-0.25, -0.2) is 4.79 Å². The van der Waals surface area contributed by atoms with Crippen LogP contribution in [0.15, 0.2) is 71.7 Å². The van der Waals surface area contributed by atoms with Crippen molar-refractivity contribution in [3.63, 3.8) is 0 Å². The van der Waals surface area contributed by atoms with Gasteiger partial charge >= 0.3 is 5.97 Å². The second-order valence-corrected chi connectivity index (χ2v) is 9.02. The van der Waals surface area contributed by atoms with E-state index in [9.17, 15) is 19.5 Å². The van der Waals surface area contributed by atoms with Crippen LogP contribution in [0.3, 0.4) is 0 Å². The Morgan fingerprint density at radius 3 is 2.09 bits per heavy atom. The second kappa shape index (κ2) is 9.67. The fourth-order valence-corrected chi connectivity index (χ4v) is 5.14. The molecule has 1 amide bonds. The van der Waals surface area contributed by atoms with Crippen molar-refractivity contribution in [1.82, 2.24) is 9.47 Å². The highest BCUT2D eigenvalue weighted by molar-refractivity contribution is 5.96. The molecule has 0 aliphatic carbocycles. The zero-order valence-corrected chi connectivity index (χ0v) is 19.8. The lowest BCUT2D eigenvalue weighted by Crippen LogP contribution is -2.50. The molecule has 1 N–H and O–H groups in total. The van der Waals surface area contributed by atoms with Crippen LogP contribution in [0.1, 0.15) is 76.2 Å². The first-order chi connectivity index (χ1) is 16.3. The Balaban J connectivity index is 2.00. The van der Waals surface area contributed by atoms with Crippen molar-refractivity contribution in [3.05, 3.63) is 105 Å². The normalized spacial score (nSPS) is 16.4. The Labute approximate surface area is 199 Å². The lowest BCUT2D eigenvalue weighted by molar-refractivity contribution is 0.0559. The van der Waals surface area contributed by atoms with Crippen molar-refractivity contribution in [2.45, 2.75) is 51.6 Å². The number of pyridine rings is 1. The van der Waals surface area contributed by atoms with E-state index in [0.717, 1.165) is 24.0 Å². The van der Waals surface area contributed by atoms with Crippen LogP contribution >= 0.6 is 0 Å². The van der Waals surface area contributed by atoms with E-state index in [1.165, 1.54) is 6.20 Å². The minimum atomic E-state index is -1.28. The van der Waals surface area contributed by atoms with Crippen LogP contribution in [0, 0.1) is 6.92 Å². The van der Waals surface area contributed by atoms with Crippen LogP contribution in [0.2, 0.25) is 0 Å². The van der Waals surface area contributed by atoms with E-state index in [2.05, 4.69) is 31.2 Å². The topological polar surface area (TPSA) is 79.6 Å². The summed E-state index contributed by atoms with van der Waals surface area (Å²) in [5.74, 6) is -1.65. The quantitative estimate of drug-likeness (QED) is 0.548. The molecular weight excluding hydrogens is 428 g/mol. The lowest BCUT2D eigenvalue weighted by atomic mass is 9.82. The van der Waals surface area contributed by atoms with Crippen LogP contribution in [0.5, 0.6) is 0 Å². The van der Waals surface area contributed by atoms with Crippen LogP contribution in [0.4, 0.5) is 0 Å². The molecule has 1 aliphatic rings. The Hall–Kier alpha value is -3.67. The molecule has 34 heavy (non-hydrogen) atoms. The van der Waals surface area contributed by atoms with Gasteiger partial charge in [0.05, 0.1) is 6.04 Å². The molecule has 2 aromatic carbocycles. The first kappa shape index (κ1) is 23.5. The number of carboxylic acids is 1. The van der Waals surface area contributed by atoms with E-state index in [1.54, 1.807) is 11.5 Å². The van der Waals surface area contributed by atoms with E-state index in [4.69, 9.17) is 0 Å². The monoisotopic (exact) mass is 458 g/mol. The summed E-state index contributed by atoms with van der Waals surface area (Å²) >= 11 is 0. The number of aromatic carboxylic acids is 1. The minimum Gasteiger partial charge on any atom is -0.477 e. The Kier molecular flexibility index (Phi) is 6.68. The van der Waals surface area contributed by atoms with Crippen LogP contribution < -0.4 is 5.43 Å². The fourth-order valence-electron chi connectivity index (χ4n) is 5.14. The molecule has 0 saturated heterocycles. The van der Waals surface area contributed by atoms with Crippen LogP contribution in [-0.2, 0) is 0 Å². The number of amides is 1. The van der Waals surface area contributed by atoms with Gasteiger partial charge in [0.15, 0.2) is 5.43 Å². The fraction of sp³-hybridized carbons (Fsp3) is 0.321. The van der Waals surface area contributed by atoms with E-state index in [1.807, 2.05) is 48.2 Å². The number of carbonyl (C=O) groups is 2. The highest BCUT2D eigenvalue weighted by Crippen LogP contribution is 2.40. The van der Waals surface area contributed by atoms with Crippen molar-refractivity contribution in [2.75, 3.05) is 6.54 Å². The maximum Gasteiger partial charge on any atom is 0.341 e. The average Bonchev–Trinajstić information content (AvgIpc) is 2.83. The van der Waals surface area contributed by atoms with Crippen molar-refractivity contribution < 1.29 is 14.7 Å². The van der Waals surface area contributed by atoms with Gasteiger partial charge in [0.1, 0.15) is 11.3 Å². The van der Waals surface area contributed by atoms with Gasteiger partial charge in [-0.05, 0) is 31.4 Å². The maximum absolute atomic E-state index is 13.6. The third-order valence-electron chi connectivity index (χ3n) is 6.84. The van der Waals surface area contributed by atoms with Crippen molar-refractivity contribution >= 4 is 11.9 Å². The standard InChI is InChI=1S/C28H30N2O4/c1-4-11-18(2)29-17-23(24(20-12-7-5-8-13-20)21-14-9-6-10-15-21)30-16-22(28(33)34)26(31)19(3)25(30)27(29)32/h5-10,12-16,18,23-24H,4,11,17H2,1-3H3,(H,33,34). The number of benzene rings is 2. The van der Waals surface area contributed by atoms with Crippen molar-refractivity contribution in [2.24, 2.45) is 0 Å². The molecule has 2 heterocycles. The van der Waals surface area contributed by atoms with Gasteiger partial charge in [-0.3, -0.25) is 9.59 Å². The summed E-state index contributed by atoms with van der Waals surface area (Å²) in [6.45, 7) is 6.10. The number of fused-ring (bicyclic) bond motifs is 1. The molecule has 2 atom stereocenters. The summed E-state index contributed by atoms with van der Waals surface area (Å²) in [5, 5.41) is 9.72. The van der Waals surface area contributed by atoms with Gasteiger partial charge in [0, 0.05) is 30.3 Å². The number of hydrogen-bond donors (Lipinski definition) is 1. The Morgan fingerprint density at radius 1 is 1.03 bits per heavy atom. The zero-order valence-electron chi connectivity index (χ0n) is 19.8. The zero-order chi connectivity index (χ0) is 24.4. The molecule has 1 aliphatic heterocycles. The van der Waals surface area contributed by atoms with Gasteiger partial charge in [0.2, 0.25) is 0 Å². The van der Waals surface area contributed by atoms with Crippen LogP contribution in [-0.4, -0.2) is 39.0 Å². The molecule has 0 radical (unpaired) electrons. The van der Waals surface area contributed by atoms with E-state index in [-0.39, 0.29) is 40.7 Å². The SMILES string of the molecule is CCCC(C)N1CC(C(c2ccccc2)c2ccccc2)n2cc(C(=O)O)c(=O)c(C)c2C1=O. The largest absolute Gasteiger partial charge is 0.477 e. The molecule has 6 heteroatoms. The highest BCUT2D eigenvalue weighted by Gasteiger charge is 2.40. The Morgan fingerprint density at radius 2 is 1.59 bits per heavy atom. The number of carbonyl (C=O) groups excluding carboxylic acids is 1. The molecule has 6 nitrogen and oxygen atoms in total.